The first-order valence-corrected chi connectivity index (χ1v) is 7.82. The lowest BCUT2D eigenvalue weighted by molar-refractivity contribution is -0.124. The van der Waals surface area contributed by atoms with Crippen LogP contribution in [0.1, 0.15) is 31.1 Å². The van der Waals surface area contributed by atoms with Gasteiger partial charge in [-0.3, -0.25) is 9.59 Å². The Kier molecular flexibility index (Phi) is 7.54. The molecule has 2 unspecified atom stereocenters. The number of para-hydroxylation sites is 1. The lowest BCUT2D eigenvalue weighted by Gasteiger charge is -2.23. The minimum Gasteiger partial charge on any atom is -0.496 e. The van der Waals surface area contributed by atoms with Crippen molar-refractivity contribution in [3.05, 3.63) is 29.8 Å². The van der Waals surface area contributed by atoms with Gasteiger partial charge >= 0.3 is 0 Å². The molecule has 0 fully saturated rings. The zero-order valence-corrected chi connectivity index (χ0v) is 14.3. The van der Waals surface area contributed by atoms with E-state index in [4.69, 9.17) is 10.5 Å². The van der Waals surface area contributed by atoms with Crippen molar-refractivity contribution >= 4 is 11.8 Å². The summed E-state index contributed by atoms with van der Waals surface area (Å²) in [6.45, 7) is 6.72. The standard InChI is InChI=1S/C17H27N3O3/c1-11(2)15(17(22)19-10-12(3)9-18)20-16(21)13-7-5-6-8-14(13)23-4/h5-8,11-12,15H,9-10,18H2,1-4H3,(H,19,22)(H,20,21). The quantitative estimate of drug-likeness (QED) is 0.670. The van der Waals surface area contributed by atoms with Gasteiger partial charge in [0, 0.05) is 6.54 Å². The maximum absolute atomic E-state index is 12.4. The van der Waals surface area contributed by atoms with Gasteiger partial charge in [-0.15, -0.1) is 0 Å². The first-order valence-electron chi connectivity index (χ1n) is 7.82. The molecule has 0 saturated heterocycles. The van der Waals surface area contributed by atoms with Crippen LogP contribution in [0.3, 0.4) is 0 Å². The Morgan fingerprint density at radius 2 is 1.87 bits per heavy atom. The van der Waals surface area contributed by atoms with Crippen molar-refractivity contribution in [3.63, 3.8) is 0 Å². The van der Waals surface area contributed by atoms with Gasteiger partial charge in [0.25, 0.3) is 5.91 Å². The van der Waals surface area contributed by atoms with Gasteiger partial charge in [-0.1, -0.05) is 32.9 Å². The molecule has 1 aromatic carbocycles. The highest BCUT2D eigenvalue weighted by Crippen LogP contribution is 2.17. The molecule has 0 radical (unpaired) electrons. The molecule has 4 N–H and O–H groups in total. The van der Waals surface area contributed by atoms with E-state index in [0.29, 0.717) is 24.4 Å². The number of ether oxygens (including phenoxy) is 1. The second kappa shape index (κ2) is 9.15. The van der Waals surface area contributed by atoms with E-state index >= 15 is 0 Å². The fourth-order valence-electron chi connectivity index (χ4n) is 2.05. The number of methoxy groups -OCH3 is 1. The molecular weight excluding hydrogens is 294 g/mol. The van der Waals surface area contributed by atoms with Gasteiger partial charge in [0.15, 0.2) is 0 Å². The maximum Gasteiger partial charge on any atom is 0.255 e. The topological polar surface area (TPSA) is 93.4 Å². The predicted molar refractivity (Wildman–Crippen MR) is 90.3 cm³/mol. The molecule has 0 spiro atoms. The molecule has 0 aliphatic rings. The van der Waals surface area contributed by atoms with E-state index in [1.807, 2.05) is 20.8 Å². The lowest BCUT2D eigenvalue weighted by atomic mass is 10.0. The highest BCUT2D eigenvalue weighted by atomic mass is 16.5. The smallest absolute Gasteiger partial charge is 0.255 e. The van der Waals surface area contributed by atoms with Crippen LogP contribution in [0.4, 0.5) is 0 Å². The third kappa shape index (κ3) is 5.56. The molecule has 0 aromatic heterocycles. The van der Waals surface area contributed by atoms with Crippen molar-refractivity contribution in [1.82, 2.24) is 10.6 Å². The number of nitrogens with two attached hydrogens (primary N) is 1. The largest absolute Gasteiger partial charge is 0.496 e. The van der Waals surface area contributed by atoms with E-state index in [1.165, 1.54) is 7.11 Å². The summed E-state index contributed by atoms with van der Waals surface area (Å²) in [5.41, 5.74) is 5.95. The highest BCUT2D eigenvalue weighted by Gasteiger charge is 2.25. The van der Waals surface area contributed by atoms with Crippen LogP contribution >= 0.6 is 0 Å². The van der Waals surface area contributed by atoms with Gasteiger partial charge in [0.1, 0.15) is 11.8 Å². The minimum absolute atomic E-state index is 0.0400. The molecule has 6 nitrogen and oxygen atoms in total. The van der Waals surface area contributed by atoms with Gasteiger partial charge in [-0.2, -0.15) is 0 Å². The summed E-state index contributed by atoms with van der Waals surface area (Å²) in [6, 6.07) is 6.31. The summed E-state index contributed by atoms with van der Waals surface area (Å²) in [4.78, 5) is 24.8. The van der Waals surface area contributed by atoms with Crippen molar-refractivity contribution in [2.24, 2.45) is 17.6 Å². The lowest BCUT2D eigenvalue weighted by Crippen LogP contribution is -2.50. The molecule has 1 rings (SSSR count). The molecule has 0 heterocycles. The summed E-state index contributed by atoms with van der Waals surface area (Å²) in [5, 5.41) is 5.62. The zero-order chi connectivity index (χ0) is 17.4. The average molecular weight is 321 g/mol. The Bertz CT molecular complexity index is 532. The average Bonchev–Trinajstić information content (AvgIpc) is 2.56. The van der Waals surface area contributed by atoms with E-state index in [9.17, 15) is 9.59 Å². The van der Waals surface area contributed by atoms with Crippen LogP contribution in [0.2, 0.25) is 0 Å². The van der Waals surface area contributed by atoms with Gasteiger partial charge in [0.2, 0.25) is 5.91 Å². The molecule has 0 bridgehead atoms. The number of rotatable bonds is 8. The van der Waals surface area contributed by atoms with Crippen molar-refractivity contribution in [1.29, 1.82) is 0 Å². The summed E-state index contributed by atoms with van der Waals surface area (Å²) in [7, 11) is 1.51. The first kappa shape index (κ1) is 19.0. The molecule has 0 saturated carbocycles. The Hall–Kier alpha value is -2.08. The van der Waals surface area contributed by atoms with Gasteiger partial charge < -0.3 is 21.1 Å². The number of carbonyl (C=O) groups is 2. The summed E-state index contributed by atoms with van der Waals surface area (Å²) in [6.07, 6.45) is 0. The van der Waals surface area contributed by atoms with Crippen LogP contribution in [-0.4, -0.2) is 38.1 Å². The molecule has 0 aliphatic heterocycles. The van der Waals surface area contributed by atoms with Crippen molar-refractivity contribution < 1.29 is 14.3 Å². The number of hydrogen-bond acceptors (Lipinski definition) is 4. The first-order chi connectivity index (χ1) is 10.9. The summed E-state index contributed by atoms with van der Waals surface area (Å²) < 4.78 is 5.19. The maximum atomic E-state index is 12.4. The number of hydrogen-bond donors (Lipinski definition) is 3. The molecular formula is C17H27N3O3. The monoisotopic (exact) mass is 321 g/mol. The van der Waals surface area contributed by atoms with Crippen LogP contribution in [0, 0.1) is 11.8 Å². The van der Waals surface area contributed by atoms with Crippen molar-refractivity contribution in [3.8, 4) is 5.75 Å². The summed E-state index contributed by atoms with van der Waals surface area (Å²) in [5.74, 6) is 0.0925. The Balaban J connectivity index is 2.79. The van der Waals surface area contributed by atoms with Crippen molar-refractivity contribution in [2.75, 3.05) is 20.2 Å². The molecule has 2 amide bonds. The van der Waals surface area contributed by atoms with Crippen LogP contribution in [0.5, 0.6) is 5.75 Å². The zero-order valence-electron chi connectivity index (χ0n) is 14.3. The Labute approximate surface area is 137 Å². The number of carbonyl (C=O) groups excluding carboxylic acids is 2. The van der Waals surface area contributed by atoms with Crippen LogP contribution in [0.15, 0.2) is 24.3 Å². The molecule has 1 aromatic rings. The number of benzene rings is 1. The third-order valence-corrected chi connectivity index (χ3v) is 3.61. The highest BCUT2D eigenvalue weighted by molar-refractivity contribution is 5.99. The Morgan fingerprint density at radius 1 is 1.22 bits per heavy atom. The molecule has 2 atom stereocenters. The molecule has 6 heteroatoms. The van der Waals surface area contributed by atoms with E-state index in [0.717, 1.165) is 0 Å². The van der Waals surface area contributed by atoms with Crippen LogP contribution < -0.4 is 21.1 Å². The molecule has 23 heavy (non-hydrogen) atoms. The van der Waals surface area contributed by atoms with Crippen LogP contribution in [0.25, 0.3) is 0 Å². The number of amides is 2. The van der Waals surface area contributed by atoms with E-state index in [2.05, 4.69) is 10.6 Å². The minimum atomic E-state index is -0.614. The predicted octanol–water partition coefficient (Wildman–Crippen LogP) is 1.16. The number of nitrogens with one attached hydrogen (secondary N) is 2. The molecule has 0 aliphatic carbocycles. The van der Waals surface area contributed by atoms with E-state index in [1.54, 1.807) is 24.3 Å². The summed E-state index contributed by atoms with van der Waals surface area (Å²) >= 11 is 0. The fourth-order valence-corrected chi connectivity index (χ4v) is 2.05. The van der Waals surface area contributed by atoms with E-state index < -0.39 is 6.04 Å². The van der Waals surface area contributed by atoms with Crippen molar-refractivity contribution in [2.45, 2.75) is 26.8 Å². The van der Waals surface area contributed by atoms with Gasteiger partial charge in [0.05, 0.1) is 12.7 Å². The fraction of sp³-hybridized carbons (Fsp3) is 0.529. The third-order valence-electron chi connectivity index (χ3n) is 3.61. The second-order valence-corrected chi connectivity index (χ2v) is 5.98. The van der Waals surface area contributed by atoms with E-state index in [-0.39, 0.29) is 23.7 Å². The Morgan fingerprint density at radius 3 is 2.43 bits per heavy atom. The van der Waals surface area contributed by atoms with Gasteiger partial charge in [-0.25, -0.2) is 0 Å². The van der Waals surface area contributed by atoms with Crippen LogP contribution in [-0.2, 0) is 4.79 Å². The SMILES string of the molecule is COc1ccccc1C(=O)NC(C(=O)NCC(C)CN)C(C)C. The molecule has 128 valence electrons. The normalized spacial score (nSPS) is 13.3. The van der Waals surface area contributed by atoms with Gasteiger partial charge in [-0.05, 0) is 30.5 Å². The second-order valence-electron chi connectivity index (χ2n) is 5.98.